The van der Waals surface area contributed by atoms with Gasteiger partial charge in [0.2, 0.25) is 0 Å². The van der Waals surface area contributed by atoms with Crippen molar-refractivity contribution >= 4 is 64.6 Å². The van der Waals surface area contributed by atoms with E-state index in [0.717, 1.165) is 163 Å². The lowest BCUT2D eigenvalue weighted by Gasteiger charge is -2.43. The van der Waals surface area contributed by atoms with Gasteiger partial charge in [0.05, 0.1) is 18.7 Å². The van der Waals surface area contributed by atoms with Crippen LogP contribution < -0.4 is 42.0 Å². The largest absolute Gasteiger partial charge is 0.497 e. The molecule has 0 bridgehead atoms. The summed E-state index contributed by atoms with van der Waals surface area (Å²) in [5.74, 6) is 3.02. The van der Waals surface area contributed by atoms with Crippen molar-refractivity contribution in [2.45, 2.75) is 229 Å². The van der Waals surface area contributed by atoms with Crippen molar-refractivity contribution in [1.82, 2.24) is 50.7 Å². The van der Waals surface area contributed by atoms with Crippen LogP contribution in [-0.2, 0) is 30.9 Å². The van der Waals surface area contributed by atoms with Gasteiger partial charge in [0.15, 0.2) is 0 Å². The maximum Gasteiger partial charge on any atom is 0.416 e. The first kappa shape index (κ1) is 102. The normalized spacial score (nSPS) is 21.6. The predicted molar refractivity (Wildman–Crippen MR) is 553 cm³/mol. The molecule has 0 spiro atoms. The molecular weight excluding hydrogens is 1730 g/mol. The summed E-state index contributed by atoms with van der Waals surface area (Å²) in [6, 6.07) is 64.2. The van der Waals surface area contributed by atoms with Gasteiger partial charge in [-0.25, -0.2) is 18.8 Å². The van der Waals surface area contributed by atoms with Crippen LogP contribution in [0.25, 0.3) is 0 Å². The highest BCUT2D eigenvalue weighted by Gasteiger charge is 2.37. The number of likely N-dealkylation sites (tertiary alicyclic amines) is 2. The van der Waals surface area contributed by atoms with Crippen LogP contribution in [0.5, 0.6) is 5.75 Å². The lowest BCUT2D eigenvalue weighted by molar-refractivity contribution is -0.137. The van der Waals surface area contributed by atoms with E-state index in [0.29, 0.717) is 46.1 Å². The summed E-state index contributed by atoms with van der Waals surface area (Å²) in [5, 5.41) is 30.3. The third-order valence-electron chi connectivity index (χ3n) is 29.0. The van der Waals surface area contributed by atoms with Crippen molar-refractivity contribution in [3.05, 3.63) is 261 Å². The average Bonchev–Trinajstić information content (AvgIpc) is 0.812. The Labute approximate surface area is 814 Å². The number of piperidine rings is 2. The van der Waals surface area contributed by atoms with Crippen LogP contribution in [0.3, 0.4) is 0 Å². The molecule has 4 heterocycles. The van der Waals surface area contributed by atoms with E-state index < -0.39 is 11.7 Å². The summed E-state index contributed by atoms with van der Waals surface area (Å²) in [4.78, 5) is 53.4. The molecule has 4 saturated carbocycles. The van der Waals surface area contributed by atoms with E-state index in [4.69, 9.17) is 33.3 Å². The van der Waals surface area contributed by atoms with E-state index in [1.54, 1.807) is 49.6 Å². The molecule has 4 aliphatic carbocycles. The minimum atomic E-state index is -4.31. The number of nitrogens with zero attached hydrogens (tertiary/aromatic N) is 6. The molecular formula is C110H160Cl2F4N14O4. The Balaban J connectivity index is 0.000000251. The van der Waals surface area contributed by atoms with Crippen LogP contribution in [0, 0.1) is 34.9 Å². The van der Waals surface area contributed by atoms with Crippen molar-refractivity contribution in [2.24, 2.45) is 23.7 Å². The molecule has 8 fully saturated rings. The number of methoxy groups -OCH3 is 1. The Kier molecular flexibility index (Phi) is 40.2. The highest BCUT2D eigenvalue weighted by molar-refractivity contribution is 6.35. The van der Waals surface area contributed by atoms with Crippen LogP contribution in [0.2, 0.25) is 10.0 Å². The quantitative estimate of drug-likeness (QED) is 0.0132. The zero-order valence-electron chi connectivity index (χ0n) is 79.7. The summed E-state index contributed by atoms with van der Waals surface area (Å²) in [7, 11) is 1.67. The number of carbonyl (C=O) groups excluding carboxylic acids is 3. The van der Waals surface area contributed by atoms with E-state index in [1.807, 2.05) is 78.9 Å². The molecule has 8 aromatic carbocycles. The molecule has 6 amide bonds. The van der Waals surface area contributed by atoms with Gasteiger partial charge >= 0.3 is 24.3 Å². The third kappa shape index (κ3) is 33.2. The second-order valence-corrected chi connectivity index (χ2v) is 40.6. The maximum atomic E-state index is 13.2. The standard InChI is InChI=1S/C31H44F3N3.C27H36N4O.C26H34Cl2N4O2.C26H34FN3O.6H2/c1-30(2,3)26-13-9-24(10-14-26)17-18-35-23-29(25-11-15-27(16-12-25)31(32,33)34)37-21-19-36(20-22-37)28-7-5-4-6-8-28;28-18-22-10-6-13-25(17-22)29-27(32)30-26-14-5-4-12-24(26)20-31-15-7-11-23(19-31)16-21-8-2-1-3-9-21;1-34-24-9-7-19(8-10-24)25(18-29-26(33)30-22-16-20(27)15-21(28)17-22)32-13-11-31(12-14-32)23-5-3-2-4-6-23;27-23-14-12-20(13-15-23)17-21-7-6-16-30(18-21)19-22-8-4-5-11-25(22)29-26(31)28-24-9-2-1-3-10-24;;;;;;/h9-16,28-29,35H,4-8,17-23H2,1-3H3;1-3,6,8-10,13,17-18,23-24,26,28H,4-5,7,11-12,14-16,19-20H2,(H2,29,30,32);7-10,15-17,23,25H,2-6,11-14,18H2,1H3,(H2,29,30,33);1-3,9-10,12-15,21-22,25H,4-8,11,16-19H2,(H2,28,29,31);6*1H/t;23-,24-,26+;;21-,22-,25+;;;;;;/m.0.0....../s1. The van der Waals surface area contributed by atoms with Crippen molar-refractivity contribution < 1.29 is 45.2 Å². The van der Waals surface area contributed by atoms with Gasteiger partial charge in [-0.2, -0.15) is 13.2 Å². The fourth-order valence-electron chi connectivity index (χ4n) is 21.7. The molecule has 8 atom stereocenters. The number of amides is 6. The van der Waals surface area contributed by atoms with E-state index >= 15 is 0 Å². The molecule has 2 unspecified atom stereocenters. The number of nitrogens with one attached hydrogen (secondary N) is 8. The summed E-state index contributed by atoms with van der Waals surface area (Å²) >= 11 is 12.1. The molecule has 16 rings (SSSR count). The second kappa shape index (κ2) is 52.6. The molecule has 4 aliphatic heterocycles. The average molecular weight is 1890 g/mol. The maximum absolute atomic E-state index is 13.2. The number of hydrogen-bond donors (Lipinski definition) is 8. The molecule has 8 aliphatic rings. The zero-order chi connectivity index (χ0) is 94.0. The number of anilines is 3. The van der Waals surface area contributed by atoms with Crippen LogP contribution in [0.15, 0.2) is 200 Å². The number of urea groups is 3. The number of alkyl halides is 3. The summed E-state index contributed by atoms with van der Waals surface area (Å²) in [6.07, 6.45) is 27.9. The summed E-state index contributed by atoms with van der Waals surface area (Å²) in [5.41, 5.74) is 9.90. The summed E-state index contributed by atoms with van der Waals surface area (Å²) in [6.45, 7) is 23.6. The highest BCUT2D eigenvalue weighted by Crippen LogP contribution is 2.37. The molecule has 736 valence electrons. The third-order valence-corrected chi connectivity index (χ3v) is 29.4. The smallest absolute Gasteiger partial charge is 0.416 e. The van der Waals surface area contributed by atoms with Crippen LogP contribution in [0.1, 0.15) is 227 Å². The first-order valence-corrected chi connectivity index (χ1v) is 50.9. The lowest BCUT2D eigenvalue weighted by Crippen LogP contribution is -2.53. The number of piperazine rings is 2. The molecule has 24 heteroatoms. The Morgan fingerprint density at radius 3 is 1.43 bits per heavy atom. The Morgan fingerprint density at radius 2 is 0.918 bits per heavy atom. The van der Waals surface area contributed by atoms with Crippen molar-refractivity contribution in [3.8, 4) is 5.75 Å². The van der Waals surface area contributed by atoms with Gasteiger partial charge in [0, 0.05) is 164 Å². The van der Waals surface area contributed by atoms with Crippen molar-refractivity contribution in [1.29, 1.82) is 5.41 Å². The topological polar surface area (TPSA) is 188 Å². The van der Waals surface area contributed by atoms with Gasteiger partial charge in [0.1, 0.15) is 11.6 Å². The zero-order valence-corrected chi connectivity index (χ0v) is 81.2. The van der Waals surface area contributed by atoms with Gasteiger partial charge in [-0.15, -0.1) is 0 Å². The predicted octanol–water partition coefficient (Wildman–Crippen LogP) is 24.9. The molecule has 134 heavy (non-hydrogen) atoms. The number of carbonyl (C=O) groups is 3. The van der Waals surface area contributed by atoms with E-state index in [2.05, 4.69) is 154 Å². The number of benzene rings is 8. The SMILES string of the molecule is CC(C)(C)c1ccc(CCNCC(c2ccc(C(F)(F)F)cc2)N2CCN(C3CCCCC3)CC2)cc1.COc1ccc(C(CNC(=O)Nc2cc(Cl)cc(Cl)c2)N2CCN(C3CCCCC3)CC2)cc1.N=Cc1cccc(NC(=O)N[C@@H]2CCCC[C@H]2CN2CCC[C@@H](Cc3ccccc3)C2)c1.O=C(Nc1ccccc1)N[C@@H]1CCCC[C@H]1CN1CCC[C@@H](Cc2ccc(F)cc2)C1.[HH].[HH].[HH].[HH].[HH].[HH]. The highest BCUT2D eigenvalue weighted by atomic mass is 35.5. The van der Waals surface area contributed by atoms with E-state index in [1.165, 1.54) is 189 Å². The number of hydrogen-bond acceptors (Lipinski definition) is 12. The summed E-state index contributed by atoms with van der Waals surface area (Å²) < 4.78 is 58.0. The molecule has 8 aromatic rings. The number of para-hydroxylation sites is 1. The van der Waals surface area contributed by atoms with Gasteiger partial charge in [-0.05, 0) is 263 Å². The van der Waals surface area contributed by atoms with E-state index in [-0.39, 0.29) is 62.1 Å². The van der Waals surface area contributed by atoms with Gasteiger partial charge in [-0.1, -0.05) is 230 Å². The van der Waals surface area contributed by atoms with Crippen LogP contribution >= 0.6 is 23.2 Å². The second-order valence-electron chi connectivity index (χ2n) is 39.7. The fourth-order valence-corrected chi connectivity index (χ4v) is 22.2. The first-order chi connectivity index (χ1) is 65.0. The lowest BCUT2D eigenvalue weighted by atomic mass is 9.83. The Morgan fingerprint density at radius 1 is 0.463 bits per heavy atom. The minimum Gasteiger partial charge on any atom is -0.497 e. The van der Waals surface area contributed by atoms with Gasteiger partial charge in [0.25, 0.3) is 0 Å². The fraction of sp³-hybridized carbons (Fsp3) is 0.527. The number of rotatable bonds is 28. The van der Waals surface area contributed by atoms with Gasteiger partial charge < -0.3 is 57.2 Å². The molecule has 8 N–H and O–H groups in total. The van der Waals surface area contributed by atoms with E-state index in [9.17, 15) is 31.9 Å². The number of halogens is 6. The molecule has 0 aromatic heterocycles. The minimum absolute atomic E-state index is 0. The van der Waals surface area contributed by atoms with Crippen molar-refractivity contribution in [3.63, 3.8) is 0 Å². The van der Waals surface area contributed by atoms with Crippen LogP contribution in [-0.4, -0.2) is 196 Å². The molecule has 18 nitrogen and oxygen atoms in total. The van der Waals surface area contributed by atoms with Gasteiger partial charge in [-0.3, -0.25) is 19.6 Å². The molecule has 4 saturated heterocycles. The Bertz CT molecular complexity index is 4840. The first-order valence-electron chi connectivity index (χ1n) is 50.1. The monoisotopic (exact) mass is 1890 g/mol. The molecule has 0 radical (unpaired) electrons. The van der Waals surface area contributed by atoms with Crippen molar-refractivity contribution in [2.75, 3.05) is 134 Å². The number of ether oxygens (including phenoxy) is 1. The Hall–Kier alpha value is -8.94. The van der Waals surface area contributed by atoms with Crippen LogP contribution in [0.4, 0.5) is 49.0 Å².